The van der Waals surface area contributed by atoms with Gasteiger partial charge in [0.2, 0.25) is 5.91 Å². The number of fused-ring (bicyclic) bond motifs is 1. The molecule has 156 valence electrons. The second-order valence-corrected chi connectivity index (χ2v) is 9.85. The lowest BCUT2D eigenvalue weighted by molar-refractivity contribution is -0.129. The van der Waals surface area contributed by atoms with Gasteiger partial charge in [-0.1, -0.05) is 48.2 Å². The normalized spacial score (nSPS) is 14.6. The molecule has 1 saturated carbocycles. The van der Waals surface area contributed by atoms with Crippen molar-refractivity contribution in [2.75, 3.05) is 7.05 Å². The Morgan fingerprint density at radius 1 is 1.40 bits per heavy atom. The van der Waals surface area contributed by atoms with E-state index in [4.69, 9.17) is 4.98 Å². The topological polar surface area (TPSA) is 55.2 Å². The van der Waals surface area contributed by atoms with Crippen molar-refractivity contribution in [3.63, 3.8) is 0 Å². The van der Waals surface area contributed by atoms with Crippen LogP contribution in [-0.2, 0) is 17.9 Å². The summed E-state index contributed by atoms with van der Waals surface area (Å²) in [6.45, 7) is 6.59. The molecule has 0 unspecified atom stereocenters. The molecule has 1 aromatic carbocycles. The fourth-order valence-corrected chi connectivity index (χ4v) is 5.65. The van der Waals surface area contributed by atoms with E-state index in [1.807, 2.05) is 37.3 Å². The van der Waals surface area contributed by atoms with E-state index in [1.165, 1.54) is 23.1 Å². The van der Waals surface area contributed by atoms with Gasteiger partial charge >= 0.3 is 0 Å². The maximum atomic E-state index is 13.3. The molecule has 1 atom stereocenters. The van der Waals surface area contributed by atoms with Crippen LogP contribution in [0.3, 0.4) is 0 Å². The lowest BCUT2D eigenvalue weighted by Gasteiger charge is -2.22. The van der Waals surface area contributed by atoms with Gasteiger partial charge in [0.05, 0.1) is 10.6 Å². The predicted molar refractivity (Wildman–Crippen MR) is 124 cm³/mol. The van der Waals surface area contributed by atoms with Crippen LogP contribution in [0.1, 0.15) is 36.8 Å². The standard InChI is InChI=1S/C23H25N3O2S2/c1-4-12-26-22(28)19-18(17-10-11-17)14-29-20(19)24-23(26)30-15(2)21(27)25(3)13-16-8-6-5-7-9-16/h4-9,14-15,17H,1,10-13H2,2-3H3/t15-/m1/s1. The number of carbonyl (C=O) groups is 1. The van der Waals surface area contributed by atoms with Crippen molar-refractivity contribution >= 4 is 39.2 Å². The van der Waals surface area contributed by atoms with Gasteiger partial charge in [-0.25, -0.2) is 4.98 Å². The van der Waals surface area contributed by atoms with Crippen LogP contribution in [0.4, 0.5) is 0 Å². The largest absolute Gasteiger partial charge is 0.340 e. The van der Waals surface area contributed by atoms with Gasteiger partial charge in [-0.3, -0.25) is 14.2 Å². The number of aromatic nitrogens is 2. The molecule has 2 heterocycles. The Morgan fingerprint density at radius 2 is 2.13 bits per heavy atom. The number of thiophene rings is 1. The second kappa shape index (κ2) is 8.78. The van der Waals surface area contributed by atoms with Crippen molar-refractivity contribution in [2.24, 2.45) is 0 Å². The second-order valence-electron chi connectivity index (χ2n) is 7.68. The van der Waals surface area contributed by atoms with Gasteiger partial charge in [-0.05, 0) is 42.2 Å². The van der Waals surface area contributed by atoms with Crippen molar-refractivity contribution < 1.29 is 4.79 Å². The van der Waals surface area contributed by atoms with Crippen LogP contribution in [0.15, 0.2) is 58.3 Å². The van der Waals surface area contributed by atoms with Gasteiger partial charge in [0.1, 0.15) is 4.83 Å². The molecule has 0 N–H and O–H groups in total. The van der Waals surface area contributed by atoms with E-state index in [0.717, 1.165) is 34.2 Å². The molecule has 5 nitrogen and oxygen atoms in total. The number of carbonyl (C=O) groups excluding carboxylic acids is 1. The lowest BCUT2D eigenvalue weighted by Crippen LogP contribution is -2.33. The number of allylic oxidation sites excluding steroid dienone is 1. The quantitative estimate of drug-likeness (QED) is 0.291. The van der Waals surface area contributed by atoms with Crippen molar-refractivity contribution in [3.05, 3.63) is 69.8 Å². The first-order chi connectivity index (χ1) is 14.5. The minimum atomic E-state index is -0.359. The zero-order valence-electron chi connectivity index (χ0n) is 17.2. The van der Waals surface area contributed by atoms with Crippen LogP contribution in [0.2, 0.25) is 0 Å². The van der Waals surface area contributed by atoms with Gasteiger partial charge in [0, 0.05) is 20.1 Å². The lowest BCUT2D eigenvalue weighted by atomic mass is 10.1. The maximum Gasteiger partial charge on any atom is 0.263 e. The Hall–Kier alpha value is -2.38. The van der Waals surface area contributed by atoms with Crippen molar-refractivity contribution in [1.82, 2.24) is 14.5 Å². The van der Waals surface area contributed by atoms with Crippen molar-refractivity contribution in [2.45, 2.75) is 49.2 Å². The summed E-state index contributed by atoms with van der Waals surface area (Å²) in [7, 11) is 1.81. The first kappa shape index (κ1) is 20.9. The summed E-state index contributed by atoms with van der Waals surface area (Å²) in [5.41, 5.74) is 2.19. The third kappa shape index (κ3) is 4.23. The monoisotopic (exact) mass is 439 g/mol. The SMILES string of the molecule is C=CCn1c(S[C@H](C)C(=O)N(C)Cc2ccccc2)nc2scc(C3CC3)c2c1=O. The molecule has 2 aromatic heterocycles. The van der Waals surface area contributed by atoms with Crippen LogP contribution >= 0.6 is 23.1 Å². The fraction of sp³-hybridized carbons (Fsp3) is 0.348. The molecule has 0 spiro atoms. The summed E-state index contributed by atoms with van der Waals surface area (Å²) >= 11 is 2.86. The number of amides is 1. The van der Waals surface area contributed by atoms with Gasteiger partial charge < -0.3 is 4.90 Å². The molecule has 0 radical (unpaired) electrons. The smallest absolute Gasteiger partial charge is 0.263 e. The summed E-state index contributed by atoms with van der Waals surface area (Å²) in [4.78, 5) is 33.5. The molecule has 1 fully saturated rings. The van der Waals surface area contributed by atoms with E-state index in [-0.39, 0.29) is 16.7 Å². The average Bonchev–Trinajstić information content (AvgIpc) is 3.50. The zero-order valence-corrected chi connectivity index (χ0v) is 18.8. The number of thioether (sulfide) groups is 1. The van der Waals surface area contributed by atoms with E-state index in [1.54, 1.807) is 22.6 Å². The summed E-state index contributed by atoms with van der Waals surface area (Å²) < 4.78 is 1.65. The van der Waals surface area contributed by atoms with Crippen LogP contribution in [-0.4, -0.2) is 32.7 Å². The highest BCUT2D eigenvalue weighted by Crippen LogP contribution is 2.44. The Balaban J connectivity index is 1.59. The van der Waals surface area contributed by atoms with Crippen LogP contribution in [0.5, 0.6) is 0 Å². The Bertz CT molecular complexity index is 1130. The number of rotatable bonds is 8. The number of hydrogen-bond acceptors (Lipinski definition) is 5. The molecule has 1 amide bonds. The van der Waals surface area contributed by atoms with Gasteiger partial charge in [-0.2, -0.15) is 0 Å². The number of benzene rings is 1. The third-order valence-electron chi connectivity index (χ3n) is 5.28. The van der Waals surface area contributed by atoms with E-state index in [9.17, 15) is 9.59 Å². The molecule has 1 aliphatic carbocycles. The molecule has 4 rings (SSSR count). The first-order valence-corrected chi connectivity index (χ1v) is 11.8. The average molecular weight is 440 g/mol. The predicted octanol–water partition coefficient (Wildman–Crippen LogP) is 4.66. The number of nitrogens with zero attached hydrogens (tertiary/aromatic N) is 3. The Morgan fingerprint density at radius 3 is 2.80 bits per heavy atom. The van der Waals surface area contributed by atoms with E-state index < -0.39 is 0 Å². The van der Waals surface area contributed by atoms with Crippen LogP contribution < -0.4 is 5.56 Å². The molecule has 1 aliphatic rings. The highest BCUT2D eigenvalue weighted by atomic mass is 32.2. The molecule has 3 aromatic rings. The maximum absolute atomic E-state index is 13.3. The summed E-state index contributed by atoms with van der Waals surface area (Å²) in [5.74, 6) is 0.504. The highest BCUT2D eigenvalue weighted by molar-refractivity contribution is 8.00. The summed E-state index contributed by atoms with van der Waals surface area (Å²) in [6.07, 6.45) is 3.99. The minimum absolute atomic E-state index is 0.00759. The minimum Gasteiger partial charge on any atom is -0.340 e. The van der Waals surface area contributed by atoms with Crippen LogP contribution in [0.25, 0.3) is 10.2 Å². The summed E-state index contributed by atoms with van der Waals surface area (Å²) in [6, 6.07) is 9.91. The Kier molecular flexibility index (Phi) is 6.11. The van der Waals surface area contributed by atoms with E-state index in [2.05, 4.69) is 12.0 Å². The molecule has 30 heavy (non-hydrogen) atoms. The highest BCUT2D eigenvalue weighted by Gasteiger charge is 2.29. The van der Waals surface area contributed by atoms with E-state index >= 15 is 0 Å². The van der Waals surface area contributed by atoms with Crippen LogP contribution in [0, 0.1) is 0 Å². The molecular formula is C23H25N3O2S2. The van der Waals surface area contributed by atoms with Gasteiger partial charge in [0.15, 0.2) is 5.16 Å². The van der Waals surface area contributed by atoms with Crippen molar-refractivity contribution in [1.29, 1.82) is 0 Å². The molecule has 0 aliphatic heterocycles. The Labute approximate surface area is 184 Å². The van der Waals surface area contributed by atoms with Crippen molar-refractivity contribution in [3.8, 4) is 0 Å². The first-order valence-electron chi connectivity index (χ1n) is 10.1. The summed E-state index contributed by atoms with van der Waals surface area (Å²) in [5, 5.41) is 3.03. The zero-order chi connectivity index (χ0) is 21.3. The van der Waals surface area contributed by atoms with Gasteiger partial charge in [0.25, 0.3) is 5.56 Å². The third-order valence-corrected chi connectivity index (χ3v) is 7.25. The van der Waals surface area contributed by atoms with E-state index in [0.29, 0.717) is 24.2 Å². The molecule has 0 bridgehead atoms. The molecule has 0 saturated heterocycles. The number of hydrogen-bond donors (Lipinski definition) is 0. The molecule has 7 heteroatoms. The fourth-order valence-electron chi connectivity index (χ4n) is 3.56. The molecular weight excluding hydrogens is 414 g/mol. The van der Waals surface area contributed by atoms with Gasteiger partial charge in [-0.15, -0.1) is 17.9 Å².